The molecule has 0 aliphatic carbocycles. The Hall–Kier alpha value is -1.51. The summed E-state index contributed by atoms with van der Waals surface area (Å²) < 4.78 is 10.1. The van der Waals surface area contributed by atoms with Crippen LogP contribution in [0, 0.1) is 5.41 Å². The molecule has 1 aromatic rings. The van der Waals surface area contributed by atoms with Crippen LogP contribution in [0.3, 0.4) is 0 Å². The molecule has 0 saturated carbocycles. The molecule has 0 N–H and O–H groups in total. The predicted octanol–water partition coefficient (Wildman–Crippen LogP) is 3.00. The number of benzene rings is 1. The van der Waals surface area contributed by atoms with Gasteiger partial charge in [-0.25, -0.2) is 0 Å². The Morgan fingerprint density at radius 1 is 1.28 bits per heavy atom. The van der Waals surface area contributed by atoms with Gasteiger partial charge in [0.25, 0.3) is 0 Å². The molecule has 0 spiro atoms. The highest BCUT2D eigenvalue weighted by molar-refractivity contribution is 5.76. The van der Waals surface area contributed by atoms with Gasteiger partial charge in [-0.05, 0) is 43.9 Å². The molecule has 0 aromatic heterocycles. The van der Waals surface area contributed by atoms with Crippen molar-refractivity contribution in [3.63, 3.8) is 0 Å². The fraction of sp³-hybridized carbons (Fsp3) is 0.533. The van der Waals surface area contributed by atoms with Crippen LogP contribution in [0.1, 0.15) is 31.9 Å². The number of carbonyl (C=O) groups is 1. The molecule has 18 heavy (non-hydrogen) atoms. The van der Waals surface area contributed by atoms with Crippen LogP contribution in [0.25, 0.3) is 0 Å². The molecule has 0 aliphatic rings. The largest absolute Gasteiger partial charge is 0.496 e. The van der Waals surface area contributed by atoms with Gasteiger partial charge >= 0.3 is 5.97 Å². The van der Waals surface area contributed by atoms with E-state index in [0.29, 0.717) is 6.42 Å². The molecule has 1 aromatic carbocycles. The Bertz CT molecular complexity index is 422. The Labute approximate surface area is 109 Å². The maximum absolute atomic E-state index is 11.7. The normalized spacial score (nSPS) is 11.2. The molecule has 0 aliphatic heterocycles. The third-order valence-electron chi connectivity index (χ3n) is 3.11. The summed E-state index contributed by atoms with van der Waals surface area (Å²) in [5, 5.41) is 0. The van der Waals surface area contributed by atoms with E-state index in [-0.39, 0.29) is 5.97 Å². The summed E-state index contributed by atoms with van der Waals surface area (Å²) in [6, 6.07) is 6.06. The lowest BCUT2D eigenvalue weighted by atomic mass is 9.85. The molecule has 1 rings (SSSR count). The molecule has 0 amide bonds. The van der Waals surface area contributed by atoms with Gasteiger partial charge in [-0.15, -0.1) is 0 Å². The average molecular weight is 250 g/mol. The minimum Gasteiger partial charge on any atom is -0.496 e. The van der Waals surface area contributed by atoms with Crippen molar-refractivity contribution in [2.75, 3.05) is 14.2 Å². The van der Waals surface area contributed by atoms with Crippen LogP contribution in [0.4, 0.5) is 0 Å². The molecule has 0 radical (unpaired) electrons. The SMILES string of the molecule is CCc1cc(CC(C)(C)C(=O)OC)ccc1OC. The molecule has 100 valence electrons. The third kappa shape index (κ3) is 3.25. The van der Waals surface area contributed by atoms with E-state index in [9.17, 15) is 4.79 Å². The first kappa shape index (κ1) is 14.6. The summed E-state index contributed by atoms with van der Waals surface area (Å²) in [5.41, 5.74) is 1.78. The third-order valence-corrected chi connectivity index (χ3v) is 3.11. The van der Waals surface area contributed by atoms with Crippen LogP contribution < -0.4 is 4.74 Å². The van der Waals surface area contributed by atoms with Gasteiger partial charge in [0, 0.05) is 0 Å². The van der Waals surface area contributed by atoms with Crippen LogP contribution in [-0.2, 0) is 22.4 Å². The lowest BCUT2D eigenvalue weighted by Gasteiger charge is -2.22. The average Bonchev–Trinajstić information content (AvgIpc) is 2.36. The van der Waals surface area contributed by atoms with E-state index in [1.165, 1.54) is 7.11 Å². The quantitative estimate of drug-likeness (QED) is 0.754. The number of methoxy groups -OCH3 is 2. The fourth-order valence-corrected chi connectivity index (χ4v) is 2.08. The van der Waals surface area contributed by atoms with Crippen molar-refractivity contribution >= 4 is 5.97 Å². The molecular weight excluding hydrogens is 228 g/mol. The molecule has 3 nitrogen and oxygen atoms in total. The van der Waals surface area contributed by atoms with E-state index in [4.69, 9.17) is 9.47 Å². The van der Waals surface area contributed by atoms with Gasteiger partial charge in [-0.1, -0.05) is 19.1 Å². The maximum atomic E-state index is 11.7. The second kappa shape index (κ2) is 5.89. The molecule has 0 heterocycles. The van der Waals surface area contributed by atoms with Gasteiger partial charge in [-0.2, -0.15) is 0 Å². The van der Waals surface area contributed by atoms with E-state index in [2.05, 4.69) is 13.0 Å². The number of ether oxygens (including phenoxy) is 2. The van der Waals surface area contributed by atoms with Crippen molar-refractivity contribution in [1.82, 2.24) is 0 Å². The highest BCUT2D eigenvalue weighted by Gasteiger charge is 2.29. The van der Waals surface area contributed by atoms with Gasteiger partial charge in [0.05, 0.1) is 19.6 Å². The molecule has 0 fully saturated rings. The van der Waals surface area contributed by atoms with E-state index in [1.807, 2.05) is 26.0 Å². The van der Waals surface area contributed by atoms with E-state index in [1.54, 1.807) is 7.11 Å². The second-order valence-corrected chi connectivity index (χ2v) is 5.05. The summed E-state index contributed by atoms with van der Waals surface area (Å²) in [5.74, 6) is 0.716. The summed E-state index contributed by atoms with van der Waals surface area (Å²) in [7, 11) is 3.10. The Balaban J connectivity index is 2.95. The number of carbonyl (C=O) groups excluding carboxylic acids is 1. The van der Waals surface area contributed by atoms with Crippen LogP contribution in [0.15, 0.2) is 18.2 Å². The number of aryl methyl sites for hydroxylation is 1. The maximum Gasteiger partial charge on any atom is 0.311 e. The number of esters is 1. The first-order valence-electron chi connectivity index (χ1n) is 6.18. The first-order chi connectivity index (χ1) is 8.44. The smallest absolute Gasteiger partial charge is 0.311 e. The Kier molecular flexibility index (Phi) is 4.76. The predicted molar refractivity (Wildman–Crippen MR) is 71.9 cm³/mol. The topological polar surface area (TPSA) is 35.5 Å². The highest BCUT2D eigenvalue weighted by atomic mass is 16.5. The fourth-order valence-electron chi connectivity index (χ4n) is 2.08. The monoisotopic (exact) mass is 250 g/mol. The van der Waals surface area contributed by atoms with E-state index < -0.39 is 5.41 Å². The number of hydrogen-bond acceptors (Lipinski definition) is 3. The minimum absolute atomic E-state index is 0.184. The molecule has 3 heteroatoms. The van der Waals surface area contributed by atoms with Crippen molar-refractivity contribution in [2.45, 2.75) is 33.6 Å². The van der Waals surface area contributed by atoms with Crippen molar-refractivity contribution < 1.29 is 14.3 Å². The molecule has 0 bridgehead atoms. The zero-order valence-electron chi connectivity index (χ0n) is 11.9. The van der Waals surface area contributed by atoms with Gasteiger partial charge in [-0.3, -0.25) is 4.79 Å². The molecule has 0 saturated heterocycles. The van der Waals surface area contributed by atoms with Gasteiger partial charge in [0.15, 0.2) is 0 Å². The Morgan fingerprint density at radius 3 is 2.44 bits per heavy atom. The zero-order valence-corrected chi connectivity index (χ0v) is 11.9. The van der Waals surface area contributed by atoms with Crippen LogP contribution in [-0.4, -0.2) is 20.2 Å². The summed E-state index contributed by atoms with van der Waals surface area (Å²) in [6.07, 6.45) is 1.58. The Morgan fingerprint density at radius 2 is 1.94 bits per heavy atom. The molecule has 0 unspecified atom stereocenters. The van der Waals surface area contributed by atoms with Crippen LogP contribution in [0.5, 0.6) is 5.75 Å². The van der Waals surface area contributed by atoms with Crippen molar-refractivity contribution in [3.8, 4) is 5.75 Å². The lowest BCUT2D eigenvalue weighted by Crippen LogP contribution is -2.28. The molecular formula is C15H22O3. The first-order valence-corrected chi connectivity index (χ1v) is 6.18. The lowest BCUT2D eigenvalue weighted by molar-refractivity contribution is -0.150. The van der Waals surface area contributed by atoms with Crippen LogP contribution in [0.2, 0.25) is 0 Å². The van der Waals surface area contributed by atoms with Crippen molar-refractivity contribution in [3.05, 3.63) is 29.3 Å². The highest BCUT2D eigenvalue weighted by Crippen LogP contribution is 2.27. The van der Waals surface area contributed by atoms with Crippen molar-refractivity contribution in [2.24, 2.45) is 5.41 Å². The van der Waals surface area contributed by atoms with Gasteiger partial charge in [0.2, 0.25) is 0 Å². The van der Waals surface area contributed by atoms with E-state index >= 15 is 0 Å². The minimum atomic E-state index is -0.506. The van der Waals surface area contributed by atoms with Crippen LogP contribution >= 0.6 is 0 Å². The number of hydrogen-bond donors (Lipinski definition) is 0. The van der Waals surface area contributed by atoms with Crippen molar-refractivity contribution in [1.29, 1.82) is 0 Å². The summed E-state index contributed by atoms with van der Waals surface area (Å²) in [6.45, 7) is 5.89. The summed E-state index contributed by atoms with van der Waals surface area (Å²) in [4.78, 5) is 11.7. The second-order valence-electron chi connectivity index (χ2n) is 5.05. The zero-order chi connectivity index (χ0) is 13.8. The number of rotatable bonds is 5. The van der Waals surface area contributed by atoms with E-state index in [0.717, 1.165) is 23.3 Å². The standard InChI is InChI=1S/C15H22O3/c1-6-12-9-11(7-8-13(12)17-4)10-15(2,3)14(16)18-5/h7-9H,6,10H2,1-5H3. The molecule has 0 atom stereocenters. The van der Waals surface area contributed by atoms with Gasteiger partial charge < -0.3 is 9.47 Å². The summed E-state index contributed by atoms with van der Waals surface area (Å²) >= 11 is 0. The van der Waals surface area contributed by atoms with Gasteiger partial charge in [0.1, 0.15) is 5.75 Å².